The number of hydrogen-bond donors (Lipinski definition) is 1. The third-order valence-electron chi connectivity index (χ3n) is 7.69. The van der Waals surface area contributed by atoms with Crippen LogP contribution < -0.4 is 0 Å². The fourth-order valence-electron chi connectivity index (χ4n) is 5.64. The molecule has 5 atom stereocenters. The largest absolute Gasteiger partial charge is 0.481 e. The highest BCUT2D eigenvalue weighted by Gasteiger charge is 2.53. The average molecular weight is 610 g/mol. The Labute approximate surface area is 247 Å². The molecule has 1 aliphatic heterocycles. The molecule has 0 radical (unpaired) electrons. The summed E-state index contributed by atoms with van der Waals surface area (Å²) in [7, 11) is -3.06. The number of carboxylic acids is 1. The van der Waals surface area contributed by atoms with Gasteiger partial charge in [0.1, 0.15) is 0 Å². The summed E-state index contributed by atoms with van der Waals surface area (Å²) in [5.41, 5.74) is 0.429. The summed E-state index contributed by atoms with van der Waals surface area (Å²) in [6.07, 6.45) is -0.0978. The van der Waals surface area contributed by atoms with Crippen molar-refractivity contribution in [2.75, 3.05) is 5.75 Å². The molecule has 1 saturated heterocycles. The van der Waals surface area contributed by atoms with E-state index < -0.39 is 44.4 Å². The Bertz CT molecular complexity index is 1380. The molecule has 7 nitrogen and oxygen atoms in total. The lowest BCUT2D eigenvalue weighted by atomic mass is 9.66. The smallest absolute Gasteiger partial charge is 0.304 e. The second-order valence-corrected chi connectivity index (χ2v) is 15.2. The average Bonchev–Trinajstić information content (AvgIpc) is 2.84. The van der Waals surface area contributed by atoms with Crippen LogP contribution in [-0.4, -0.2) is 49.0 Å². The van der Waals surface area contributed by atoms with Crippen molar-refractivity contribution in [1.82, 2.24) is 4.90 Å². The minimum Gasteiger partial charge on any atom is -0.481 e. The molecule has 40 heavy (non-hydrogen) atoms. The number of likely N-dealkylation sites (tertiary alicyclic amines) is 1. The molecule has 0 saturated carbocycles. The van der Waals surface area contributed by atoms with Crippen LogP contribution in [0.3, 0.4) is 0 Å². The molecule has 1 aliphatic rings. The van der Waals surface area contributed by atoms with Gasteiger partial charge in [0.05, 0.1) is 33.4 Å². The molecule has 0 aliphatic carbocycles. The van der Waals surface area contributed by atoms with Crippen LogP contribution in [0.25, 0.3) is 0 Å². The maximum absolute atomic E-state index is 14.5. The van der Waals surface area contributed by atoms with Crippen molar-refractivity contribution >= 4 is 50.7 Å². The molecule has 0 bridgehead atoms. The van der Waals surface area contributed by atoms with Crippen LogP contribution in [-0.2, 0) is 24.1 Å². The first-order valence-corrected chi connectivity index (χ1v) is 15.9. The van der Waals surface area contributed by atoms with E-state index in [0.717, 1.165) is 11.1 Å². The van der Waals surface area contributed by atoms with Gasteiger partial charge in [-0.2, -0.15) is 4.36 Å². The van der Waals surface area contributed by atoms with E-state index in [1.807, 2.05) is 44.2 Å². The molecule has 1 fully saturated rings. The van der Waals surface area contributed by atoms with Gasteiger partial charge in [0.2, 0.25) is 5.91 Å². The second-order valence-electron chi connectivity index (χ2n) is 11.5. The predicted octanol–water partition coefficient (Wildman–Crippen LogP) is 6.98. The van der Waals surface area contributed by atoms with Crippen LogP contribution in [0, 0.1) is 11.3 Å². The molecular weight excluding hydrogens is 571 g/mol. The zero-order chi connectivity index (χ0) is 30.0. The number of carboxylic acid groups (broad SMARTS) is 1. The SMILES string of the molecule is CC(=O)N=S(=O)(CC(C(C)C)N1C(=O)[C@@](C)(CC(=O)O)C[C@H](c2cccc(Cl)c2)[C@H]1c1ccc(Cl)cc1)C(C)C. The van der Waals surface area contributed by atoms with Gasteiger partial charge in [-0.3, -0.25) is 14.4 Å². The number of piperidine rings is 1. The molecule has 2 aromatic carbocycles. The normalized spacial score (nSPS) is 23.6. The van der Waals surface area contributed by atoms with Gasteiger partial charge in [-0.05, 0) is 47.7 Å². The maximum Gasteiger partial charge on any atom is 0.304 e. The fraction of sp³-hybridized carbons (Fsp3) is 0.500. The first kappa shape index (κ1) is 32.1. The van der Waals surface area contributed by atoms with Crippen molar-refractivity contribution in [2.24, 2.45) is 15.7 Å². The molecular formula is C30H38Cl2N2O5S. The fourth-order valence-corrected chi connectivity index (χ4v) is 8.10. The number of amides is 2. The van der Waals surface area contributed by atoms with Crippen molar-refractivity contribution in [1.29, 1.82) is 0 Å². The molecule has 0 spiro atoms. The van der Waals surface area contributed by atoms with Crippen LogP contribution in [0.15, 0.2) is 52.9 Å². The number of carbonyl (C=O) groups is 3. The van der Waals surface area contributed by atoms with E-state index >= 15 is 0 Å². The van der Waals surface area contributed by atoms with E-state index in [1.54, 1.807) is 43.9 Å². The van der Waals surface area contributed by atoms with E-state index in [-0.39, 0.29) is 36.3 Å². The standard InChI is InChI=1S/C30H38Cl2N2O5S/c1-18(2)26(17-40(39,19(3)4)33-20(5)35)34-28(21-10-12-23(31)13-11-21)25(22-8-7-9-24(32)14-22)15-30(6,29(34)38)16-27(36)37/h7-14,18-19,25-26,28H,15-17H2,1-6H3,(H,36,37)/t25-,26?,28-,30-,40?/m1/s1. The summed E-state index contributed by atoms with van der Waals surface area (Å²) in [5.74, 6) is -2.49. The van der Waals surface area contributed by atoms with Gasteiger partial charge < -0.3 is 10.0 Å². The van der Waals surface area contributed by atoms with Crippen molar-refractivity contribution in [3.63, 3.8) is 0 Å². The Hall–Kier alpha value is -2.42. The van der Waals surface area contributed by atoms with Crippen LogP contribution in [0.1, 0.15) is 77.5 Å². The molecule has 2 unspecified atom stereocenters. The first-order valence-electron chi connectivity index (χ1n) is 13.4. The summed E-state index contributed by atoms with van der Waals surface area (Å²) in [4.78, 5) is 40.3. The van der Waals surface area contributed by atoms with Gasteiger partial charge in [-0.1, -0.05) is 82.1 Å². The molecule has 1 heterocycles. The molecule has 2 amide bonds. The first-order chi connectivity index (χ1) is 18.6. The van der Waals surface area contributed by atoms with Gasteiger partial charge in [-0.25, -0.2) is 4.21 Å². The van der Waals surface area contributed by atoms with Crippen molar-refractivity contribution < 1.29 is 23.7 Å². The number of benzene rings is 2. The van der Waals surface area contributed by atoms with E-state index in [1.165, 1.54) is 6.92 Å². The van der Waals surface area contributed by atoms with Crippen molar-refractivity contribution in [2.45, 2.75) is 77.6 Å². The van der Waals surface area contributed by atoms with Gasteiger partial charge >= 0.3 is 5.97 Å². The molecule has 1 N–H and O–H groups in total. The summed E-state index contributed by atoms with van der Waals surface area (Å²) in [6.45, 7) is 10.3. The number of rotatable bonds is 9. The highest BCUT2D eigenvalue weighted by Crippen LogP contribution is 2.52. The number of halogens is 2. The van der Waals surface area contributed by atoms with E-state index in [9.17, 15) is 23.7 Å². The zero-order valence-electron chi connectivity index (χ0n) is 23.8. The predicted molar refractivity (Wildman–Crippen MR) is 160 cm³/mol. The molecule has 10 heteroatoms. The van der Waals surface area contributed by atoms with Crippen LogP contribution in [0.5, 0.6) is 0 Å². The molecule has 0 aromatic heterocycles. The molecule has 2 aromatic rings. The Morgan fingerprint density at radius 2 is 1.70 bits per heavy atom. The quantitative estimate of drug-likeness (QED) is 0.330. The number of hydrogen-bond acceptors (Lipinski definition) is 4. The van der Waals surface area contributed by atoms with Crippen molar-refractivity contribution in [3.05, 3.63) is 69.7 Å². The number of carbonyl (C=O) groups excluding carboxylic acids is 2. The number of nitrogens with zero attached hydrogens (tertiary/aromatic N) is 2. The van der Waals surface area contributed by atoms with Gasteiger partial charge in [0.25, 0.3) is 5.91 Å². The zero-order valence-corrected chi connectivity index (χ0v) is 26.1. The summed E-state index contributed by atoms with van der Waals surface area (Å²) >= 11 is 12.6. The summed E-state index contributed by atoms with van der Waals surface area (Å²) < 4.78 is 18.2. The Kier molecular flexibility index (Phi) is 10.1. The van der Waals surface area contributed by atoms with E-state index in [2.05, 4.69) is 4.36 Å². The lowest BCUT2D eigenvalue weighted by molar-refractivity contribution is -0.161. The highest BCUT2D eigenvalue weighted by atomic mass is 35.5. The maximum atomic E-state index is 14.5. The Morgan fingerprint density at radius 3 is 2.20 bits per heavy atom. The topological polar surface area (TPSA) is 104 Å². The van der Waals surface area contributed by atoms with Gasteiger partial charge in [-0.15, -0.1) is 0 Å². The second kappa shape index (κ2) is 12.6. The van der Waals surface area contributed by atoms with Gasteiger partial charge in [0, 0.05) is 34.2 Å². The third-order valence-corrected chi connectivity index (χ3v) is 11.0. The third kappa shape index (κ3) is 7.07. The minimum atomic E-state index is -3.06. The minimum absolute atomic E-state index is 0.0246. The van der Waals surface area contributed by atoms with E-state index in [0.29, 0.717) is 10.0 Å². The van der Waals surface area contributed by atoms with Crippen LogP contribution >= 0.6 is 23.2 Å². The lowest BCUT2D eigenvalue weighted by Crippen LogP contribution is -2.59. The lowest BCUT2D eigenvalue weighted by Gasteiger charge is -2.53. The van der Waals surface area contributed by atoms with Crippen molar-refractivity contribution in [3.8, 4) is 0 Å². The van der Waals surface area contributed by atoms with Gasteiger partial charge in [0.15, 0.2) is 0 Å². The molecule has 218 valence electrons. The summed E-state index contributed by atoms with van der Waals surface area (Å²) in [6, 6.07) is 13.5. The van der Waals surface area contributed by atoms with Crippen LogP contribution in [0.2, 0.25) is 10.0 Å². The summed E-state index contributed by atoms with van der Waals surface area (Å²) in [5, 5.41) is 10.5. The molecule has 3 rings (SSSR count). The van der Waals surface area contributed by atoms with Crippen LogP contribution in [0.4, 0.5) is 0 Å². The monoisotopic (exact) mass is 608 g/mol. The number of aliphatic carboxylic acids is 1. The Morgan fingerprint density at radius 1 is 1.07 bits per heavy atom. The Balaban J connectivity index is 2.34. The highest BCUT2D eigenvalue weighted by molar-refractivity contribution is 7.94. The van der Waals surface area contributed by atoms with E-state index in [4.69, 9.17) is 23.2 Å².